The fraction of sp³-hybridized carbons (Fsp3) is 0.500. The minimum atomic E-state index is -0.218. The van der Waals surface area contributed by atoms with Crippen LogP contribution in [0.2, 0.25) is 0 Å². The van der Waals surface area contributed by atoms with Crippen LogP contribution in [0.25, 0.3) is 11.0 Å². The molecule has 0 amide bonds. The number of benzene rings is 1. The van der Waals surface area contributed by atoms with Gasteiger partial charge in [-0.25, -0.2) is 4.39 Å². The summed E-state index contributed by atoms with van der Waals surface area (Å²) in [6, 6.07) is 4.68. The van der Waals surface area contributed by atoms with Crippen molar-refractivity contribution in [2.45, 2.75) is 26.8 Å². The Morgan fingerprint density at radius 1 is 1.30 bits per heavy atom. The van der Waals surface area contributed by atoms with E-state index in [4.69, 9.17) is 4.42 Å². The second kappa shape index (κ2) is 6.86. The molecule has 0 atom stereocenters. The van der Waals surface area contributed by atoms with Gasteiger partial charge in [-0.1, -0.05) is 6.92 Å². The van der Waals surface area contributed by atoms with E-state index in [2.05, 4.69) is 24.2 Å². The highest BCUT2D eigenvalue weighted by Crippen LogP contribution is 2.26. The van der Waals surface area contributed by atoms with E-state index >= 15 is 0 Å². The van der Waals surface area contributed by atoms with Crippen LogP contribution in [0.1, 0.15) is 24.7 Å². The number of nitrogens with zero attached hydrogens (tertiary/aromatic N) is 1. The van der Waals surface area contributed by atoms with E-state index in [0.717, 1.165) is 54.9 Å². The average Bonchev–Trinajstić information content (AvgIpc) is 2.72. The van der Waals surface area contributed by atoms with Crippen molar-refractivity contribution in [2.24, 2.45) is 0 Å². The van der Waals surface area contributed by atoms with Crippen LogP contribution in [0.4, 0.5) is 4.39 Å². The van der Waals surface area contributed by atoms with E-state index in [9.17, 15) is 4.39 Å². The summed E-state index contributed by atoms with van der Waals surface area (Å²) in [4.78, 5) is 2.21. The Bertz CT molecular complexity index is 565. The Kier molecular flexibility index (Phi) is 5.15. The van der Waals surface area contributed by atoms with Gasteiger partial charge < -0.3 is 9.73 Å². The molecule has 0 spiro atoms. The van der Waals surface area contributed by atoms with Gasteiger partial charge in [0.2, 0.25) is 0 Å². The van der Waals surface area contributed by atoms with Crippen LogP contribution in [0, 0.1) is 12.7 Å². The van der Waals surface area contributed by atoms with Gasteiger partial charge >= 0.3 is 0 Å². The van der Waals surface area contributed by atoms with Crippen LogP contribution < -0.4 is 5.32 Å². The molecule has 2 rings (SSSR count). The summed E-state index contributed by atoms with van der Waals surface area (Å²) in [6.45, 7) is 7.88. The second-order valence-corrected chi connectivity index (χ2v) is 5.28. The molecule has 20 heavy (non-hydrogen) atoms. The number of nitrogens with one attached hydrogen (secondary N) is 1. The molecule has 0 radical (unpaired) electrons. The van der Waals surface area contributed by atoms with Crippen molar-refractivity contribution >= 4 is 11.0 Å². The van der Waals surface area contributed by atoms with Gasteiger partial charge in [0.15, 0.2) is 0 Å². The van der Waals surface area contributed by atoms with Gasteiger partial charge in [0.1, 0.15) is 17.2 Å². The maximum absolute atomic E-state index is 13.3. The maximum Gasteiger partial charge on any atom is 0.134 e. The third-order valence-corrected chi connectivity index (χ3v) is 3.51. The molecule has 110 valence electrons. The van der Waals surface area contributed by atoms with Crippen molar-refractivity contribution in [1.82, 2.24) is 10.2 Å². The molecule has 1 aromatic heterocycles. The van der Waals surface area contributed by atoms with Crippen molar-refractivity contribution in [1.29, 1.82) is 0 Å². The minimum Gasteiger partial charge on any atom is -0.459 e. The summed E-state index contributed by atoms with van der Waals surface area (Å²) in [5.74, 6) is 0.702. The first-order valence-corrected chi connectivity index (χ1v) is 7.18. The molecular formula is C16H23FN2O. The summed E-state index contributed by atoms with van der Waals surface area (Å²) in [6.07, 6.45) is 1.15. The van der Waals surface area contributed by atoms with Gasteiger partial charge in [-0.2, -0.15) is 0 Å². The van der Waals surface area contributed by atoms with Crippen LogP contribution in [0.3, 0.4) is 0 Å². The molecule has 2 aromatic rings. The highest BCUT2D eigenvalue weighted by Gasteiger charge is 2.12. The minimum absolute atomic E-state index is 0.218. The Balaban J connectivity index is 2.00. The molecule has 0 saturated carbocycles. The third-order valence-electron chi connectivity index (χ3n) is 3.51. The third kappa shape index (κ3) is 3.58. The van der Waals surface area contributed by atoms with Gasteiger partial charge in [-0.3, -0.25) is 4.90 Å². The van der Waals surface area contributed by atoms with E-state index < -0.39 is 0 Å². The molecule has 0 bridgehead atoms. The smallest absolute Gasteiger partial charge is 0.134 e. The normalized spacial score (nSPS) is 11.7. The van der Waals surface area contributed by atoms with E-state index in [1.807, 2.05) is 6.92 Å². The predicted molar refractivity (Wildman–Crippen MR) is 80.4 cm³/mol. The molecule has 0 saturated heterocycles. The predicted octanol–water partition coefficient (Wildman–Crippen LogP) is 3.31. The molecule has 0 aliphatic carbocycles. The fourth-order valence-electron chi connectivity index (χ4n) is 2.29. The quantitative estimate of drug-likeness (QED) is 0.788. The highest BCUT2D eigenvalue weighted by atomic mass is 19.1. The number of aryl methyl sites for hydroxylation is 1. The Labute approximate surface area is 119 Å². The molecule has 0 fully saturated rings. The van der Waals surface area contributed by atoms with Gasteiger partial charge in [0.05, 0.1) is 6.54 Å². The first kappa shape index (κ1) is 15.0. The van der Waals surface area contributed by atoms with Crippen molar-refractivity contribution in [3.05, 3.63) is 35.3 Å². The number of rotatable bonds is 7. The van der Waals surface area contributed by atoms with Crippen molar-refractivity contribution in [3.63, 3.8) is 0 Å². The first-order valence-electron chi connectivity index (χ1n) is 7.18. The first-order chi connectivity index (χ1) is 9.61. The lowest BCUT2D eigenvalue weighted by Gasteiger charge is -2.15. The van der Waals surface area contributed by atoms with Crippen molar-refractivity contribution in [2.75, 3.05) is 26.7 Å². The van der Waals surface area contributed by atoms with Crippen LogP contribution in [-0.2, 0) is 6.54 Å². The topological polar surface area (TPSA) is 28.4 Å². The Morgan fingerprint density at radius 3 is 2.85 bits per heavy atom. The van der Waals surface area contributed by atoms with Crippen LogP contribution in [0.15, 0.2) is 22.6 Å². The zero-order chi connectivity index (χ0) is 14.5. The van der Waals surface area contributed by atoms with Crippen LogP contribution >= 0.6 is 0 Å². The van der Waals surface area contributed by atoms with E-state index in [-0.39, 0.29) is 5.82 Å². The molecule has 3 nitrogen and oxygen atoms in total. The lowest BCUT2D eigenvalue weighted by Crippen LogP contribution is -2.29. The Hall–Kier alpha value is -1.39. The average molecular weight is 278 g/mol. The molecule has 1 aromatic carbocycles. The molecule has 0 aliphatic rings. The monoisotopic (exact) mass is 278 g/mol. The lowest BCUT2D eigenvalue weighted by atomic mass is 10.1. The Morgan fingerprint density at radius 2 is 2.10 bits per heavy atom. The molecule has 4 heteroatoms. The van der Waals surface area contributed by atoms with Crippen LogP contribution in [0.5, 0.6) is 0 Å². The number of halogens is 1. The molecule has 0 aliphatic heterocycles. The largest absolute Gasteiger partial charge is 0.459 e. The van der Waals surface area contributed by atoms with E-state index in [1.165, 1.54) is 6.07 Å². The maximum atomic E-state index is 13.3. The molecule has 0 unspecified atom stereocenters. The number of hydrogen-bond acceptors (Lipinski definition) is 3. The molecule has 1 heterocycles. The second-order valence-electron chi connectivity index (χ2n) is 5.28. The van der Waals surface area contributed by atoms with Crippen LogP contribution in [-0.4, -0.2) is 31.6 Å². The summed E-state index contributed by atoms with van der Waals surface area (Å²) in [5, 5.41) is 4.25. The zero-order valence-corrected chi connectivity index (χ0v) is 12.5. The molecule has 1 N–H and O–H groups in total. The fourth-order valence-corrected chi connectivity index (χ4v) is 2.29. The summed E-state index contributed by atoms with van der Waals surface area (Å²) in [5.41, 5.74) is 1.80. The summed E-state index contributed by atoms with van der Waals surface area (Å²) >= 11 is 0. The lowest BCUT2D eigenvalue weighted by molar-refractivity contribution is 0.297. The van der Waals surface area contributed by atoms with Gasteiger partial charge in [-0.05, 0) is 50.7 Å². The zero-order valence-electron chi connectivity index (χ0n) is 12.5. The van der Waals surface area contributed by atoms with Crippen molar-refractivity contribution < 1.29 is 8.81 Å². The van der Waals surface area contributed by atoms with Gasteiger partial charge in [0.25, 0.3) is 0 Å². The number of likely N-dealkylation sites (N-methyl/N-ethyl adjacent to an activating group) is 1. The number of fused-ring (bicyclic) bond motifs is 1. The van der Waals surface area contributed by atoms with Gasteiger partial charge in [-0.15, -0.1) is 0 Å². The van der Waals surface area contributed by atoms with E-state index in [0.29, 0.717) is 0 Å². The number of furan rings is 1. The van der Waals surface area contributed by atoms with Gasteiger partial charge in [0, 0.05) is 18.5 Å². The SMILES string of the molecule is CCCNCCN(C)Cc1oc2ccc(F)cc2c1C. The highest BCUT2D eigenvalue weighted by molar-refractivity contribution is 5.82. The summed E-state index contributed by atoms with van der Waals surface area (Å²) in [7, 11) is 2.07. The standard InChI is InChI=1S/C16H23FN2O/c1-4-7-18-8-9-19(3)11-16-12(2)14-10-13(17)5-6-15(14)20-16/h5-6,10,18H,4,7-9,11H2,1-3H3. The number of hydrogen-bond donors (Lipinski definition) is 1. The van der Waals surface area contributed by atoms with Crippen molar-refractivity contribution in [3.8, 4) is 0 Å². The van der Waals surface area contributed by atoms with E-state index in [1.54, 1.807) is 12.1 Å². The molecular weight excluding hydrogens is 255 g/mol. The summed E-state index contributed by atoms with van der Waals surface area (Å²) < 4.78 is 19.1.